The fourth-order valence-corrected chi connectivity index (χ4v) is 2.41. The van der Waals surface area contributed by atoms with Gasteiger partial charge in [-0.3, -0.25) is 4.99 Å². The van der Waals surface area contributed by atoms with Crippen molar-refractivity contribution in [3.8, 4) is 0 Å². The number of pyridine rings is 1. The number of nitrogens with zero attached hydrogens (tertiary/aromatic N) is 3. The summed E-state index contributed by atoms with van der Waals surface area (Å²) >= 11 is 0. The first kappa shape index (κ1) is 18.3. The molecular formula is C18H22IN5. The molecule has 3 aromatic rings. The molecule has 0 radical (unpaired) electrons. The lowest BCUT2D eigenvalue weighted by atomic mass is 10.1. The minimum absolute atomic E-state index is 0. The van der Waals surface area contributed by atoms with E-state index in [0.717, 1.165) is 29.9 Å². The van der Waals surface area contributed by atoms with Gasteiger partial charge in [0.2, 0.25) is 0 Å². The first-order valence-corrected chi connectivity index (χ1v) is 7.83. The van der Waals surface area contributed by atoms with Gasteiger partial charge in [-0.05, 0) is 36.2 Å². The molecule has 0 saturated carbocycles. The van der Waals surface area contributed by atoms with E-state index in [1.54, 1.807) is 0 Å². The molecule has 3 rings (SSSR count). The average Bonchev–Trinajstić information content (AvgIpc) is 2.98. The van der Waals surface area contributed by atoms with Crippen molar-refractivity contribution in [3.63, 3.8) is 0 Å². The number of hydrogen-bond donors (Lipinski definition) is 2. The topological polar surface area (TPSA) is 67.7 Å². The number of aliphatic imine (C=N–C) groups is 1. The van der Waals surface area contributed by atoms with Gasteiger partial charge in [-0.1, -0.05) is 25.1 Å². The van der Waals surface area contributed by atoms with E-state index in [-0.39, 0.29) is 24.0 Å². The number of nitrogens with two attached hydrogens (primary N) is 1. The highest BCUT2D eigenvalue weighted by atomic mass is 127. The van der Waals surface area contributed by atoms with Gasteiger partial charge >= 0.3 is 0 Å². The zero-order valence-corrected chi connectivity index (χ0v) is 16.0. The van der Waals surface area contributed by atoms with Crippen LogP contribution >= 0.6 is 24.0 Å². The van der Waals surface area contributed by atoms with Gasteiger partial charge in [0.25, 0.3) is 0 Å². The Morgan fingerprint density at radius 3 is 2.71 bits per heavy atom. The number of benzene rings is 1. The quantitative estimate of drug-likeness (QED) is 0.366. The zero-order chi connectivity index (χ0) is 16.1. The fraction of sp³-hybridized carbons (Fsp3) is 0.222. The Morgan fingerprint density at radius 2 is 2.00 bits per heavy atom. The minimum Gasteiger partial charge on any atom is -0.370 e. The maximum atomic E-state index is 5.93. The van der Waals surface area contributed by atoms with Gasteiger partial charge in [0.15, 0.2) is 5.96 Å². The van der Waals surface area contributed by atoms with Crippen molar-refractivity contribution in [2.75, 3.05) is 11.9 Å². The minimum atomic E-state index is 0. The van der Waals surface area contributed by atoms with Crippen molar-refractivity contribution in [1.82, 2.24) is 9.38 Å². The molecule has 126 valence electrons. The van der Waals surface area contributed by atoms with E-state index in [2.05, 4.69) is 34.3 Å². The highest BCUT2D eigenvalue weighted by molar-refractivity contribution is 14.0. The summed E-state index contributed by atoms with van der Waals surface area (Å²) in [4.78, 5) is 8.91. The van der Waals surface area contributed by atoms with E-state index in [0.29, 0.717) is 12.5 Å². The van der Waals surface area contributed by atoms with E-state index in [9.17, 15) is 0 Å². The molecule has 0 atom stereocenters. The molecule has 0 unspecified atom stereocenters. The summed E-state index contributed by atoms with van der Waals surface area (Å²) in [7, 11) is 0. The normalized spacial score (nSPS) is 11.3. The number of aromatic nitrogens is 2. The second-order valence-corrected chi connectivity index (χ2v) is 5.39. The van der Waals surface area contributed by atoms with Crippen molar-refractivity contribution >= 4 is 41.3 Å². The van der Waals surface area contributed by atoms with Gasteiger partial charge < -0.3 is 15.5 Å². The molecule has 0 amide bonds. The van der Waals surface area contributed by atoms with Gasteiger partial charge in [0, 0.05) is 31.0 Å². The van der Waals surface area contributed by atoms with E-state index >= 15 is 0 Å². The van der Waals surface area contributed by atoms with Crippen LogP contribution in [0.3, 0.4) is 0 Å². The van der Waals surface area contributed by atoms with Gasteiger partial charge in [-0.2, -0.15) is 0 Å². The molecule has 2 aromatic heterocycles. The molecule has 3 N–H and O–H groups in total. The second kappa shape index (κ2) is 8.68. The SMILES string of the molecule is CCc1ccc(NC(N)=NCCc2cn3ccccc3n2)cc1.I. The van der Waals surface area contributed by atoms with Crippen LogP contribution in [0.5, 0.6) is 0 Å². The maximum Gasteiger partial charge on any atom is 0.193 e. The molecule has 0 spiro atoms. The number of fused-ring (bicyclic) bond motifs is 1. The van der Waals surface area contributed by atoms with Crippen LogP contribution in [0.4, 0.5) is 5.69 Å². The lowest BCUT2D eigenvalue weighted by molar-refractivity contribution is 0.934. The lowest BCUT2D eigenvalue weighted by Crippen LogP contribution is -2.23. The summed E-state index contributed by atoms with van der Waals surface area (Å²) in [5, 5.41) is 3.11. The predicted molar refractivity (Wildman–Crippen MR) is 110 cm³/mol. The van der Waals surface area contributed by atoms with Crippen LogP contribution in [0.25, 0.3) is 5.65 Å². The molecule has 0 fully saturated rings. The van der Waals surface area contributed by atoms with Crippen LogP contribution in [0.2, 0.25) is 0 Å². The van der Waals surface area contributed by atoms with Crippen molar-refractivity contribution in [3.05, 3.63) is 66.1 Å². The summed E-state index contributed by atoms with van der Waals surface area (Å²) in [5.41, 5.74) is 10.2. The first-order chi connectivity index (χ1) is 11.2. The zero-order valence-electron chi connectivity index (χ0n) is 13.6. The van der Waals surface area contributed by atoms with E-state index in [1.807, 2.05) is 47.1 Å². The number of imidazole rings is 1. The van der Waals surface area contributed by atoms with Gasteiger partial charge in [0.1, 0.15) is 5.65 Å². The third kappa shape index (κ3) is 4.70. The average molecular weight is 435 g/mol. The Morgan fingerprint density at radius 1 is 1.21 bits per heavy atom. The van der Waals surface area contributed by atoms with Crippen molar-refractivity contribution in [2.45, 2.75) is 19.8 Å². The van der Waals surface area contributed by atoms with Gasteiger partial charge in [-0.25, -0.2) is 4.98 Å². The Labute approximate surface area is 159 Å². The Bertz CT molecular complexity index is 775. The maximum absolute atomic E-state index is 5.93. The lowest BCUT2D eigenvalue weighted by Gasteiger charge is -2.06. The van der Waals surface area contributed by atoms with Crippen molar-refractivity contribution < 1.29 is 0 Å². The fourth-order valence-electron chi connectivity index (χ4n) is 2.41. The molecule has 6 heteroatoms. The number of anilines is 1. The number of guanidine groups is 1. The van der Waals surface area contributed by atoms with Crippen LogP contribution < -0.4 is 11.1 Å². The molecule has 0 aliphatic rings. The highest BCUT2D eigenvalue weighted by Gasteiger charge is 2.01. The molecule has 0 bridgehead atoms. The standard InChI is InChI=1S/C18H21N5.HI/c1-2-14-6-8-15(9-7-14)22-18(19)20-11-10-16-13-23-12-4-3-5-17(23)21-16;/h3-9,12-13H,2,10-11H2,1H3,(H3,19,20,22);1H. The molecule has 0 aliphatic heterocycles. The third-order valence-corrected chi connectivity index (χ3v) is 3.70. The number of hydrogen-bond acceptors (Lipinski definition) is 2. The Hall–Kier alpha value is -2.09. The smallest absolute Gasteiger partial charge is 0.193 e. The van der Waals surface area contributed by atoms with Crippen LogP contribution in [-0.2, 0) is 12.8 Å². The molecule has 0 aliphatic carbocycles. The van der Waals surface area contributed by atoms with Gasteiger partial charge in [-0.15, -0.1) is 24.0 Å². The van der Waals surface area contributed by atoms with Crippen LogP contribution in [-0.4, -0.2) is 21.9 Å². The molecular weight excluding hydrogens is 413 g/mol. The number of rotatable bonds is 5. The first-order valence-electron chi connectivity index (χ1n) is 7.83. The summed E-state index contributed by atoms with van der Waals surface area (Å²) < 4.78 is 2.01. The van der Waals surface area contributed by atoms with E-state index in [4.69, 9.17) is 5.73 Å². The monoisotopic (exact) mass is 435 g/mol. The molecule has 5 nitrogen and oxygen atoms in total. The molecule has 1 aromatic carbocycles. The summed E-state index contributed by atoms with van der Waals surface area (Å²) in [6, 6.07) is 14.2. The largest absolute Gasteiger partial charge is 0.370 e. The molecule has 2 heterocycles. The molecule has 0 saturated heterocycles. The molecule has 24 heavy (non-hydrogen) atoms. The van der Waals surface area contributed by atoms with Crippen LogP contribution in [0, 0.1) is 0 Å². The third-order valence-electron chi connectivity index (χ3n) is 3.70. The Kier molecular flexibility index (Phi) is 6.60. The van der Waals surface area contributed by atoms with Crippen molar-refractivity contribution in [2.24, 2.45) is 10.7 Å². The second-order valence-electron chi connectivity index (χ2n) is 5.39. The number of aryl methyl sites for hydroxylation is 1. The van der Waals surface area contributed by atoms with Gasteiger partial charge in [0.05, 0.1) is 5.69 Å². The highest BCUT2D eigenvalue weighted by Crippen LogP contribution is 2.09. The summed E-state index contributed by atoms with van der Waals surface area (Å²) in [6.45, 7) is 2.74. The van der Waals surface area contributed by atoms with Crippen LogP contribution in [0.1, 0.15) is 18.2 Å². The number of nitrogens with one attached hydrogen (secondary N) is 1. The number of halogens is 1. The summed E-state index contributed by atoms with van der Waals surface area (Å²) in [6.07, 6.45) is 5.81. The van der Waals surface area contributed by atoms with Crippen LogP contribution in [0.15, 0.2) is 59.9 Å². The summed E-state index contributed by atoms with van der Waals surface area (Å²) in [5.74, 6) is 0.429. The van der Waals surface area contributed by atoms with Crippen molar-refractivity contribution in [1.29, 1.82) is 0 Å². The van der Waals surface area contributed by atoms with E-state index in [1.165, 1.54) is 5.56 Å². The Balaban J connectivity index is 0.00000208. The van der Waals surface area contributed by atoms with E-state index < -0.39 is 0 Å². The predicted octanol–water partition coefficient (Wildman–Crippen LogP) is 3.48.